The number of benzene rings is 1. The van der Waals surface area contributed by atoms with Crippen LogP contribution in [0.2, 0.25) is 0 Å². The normalized spacial score (nSPS) is 11.1. The Balaban J connectivity index is 2.03. The van der Waals surface area contributed by atoms with Gasteiger partial charge in [0.2, 0.25) is 0 Å². The zero-order valence-electron chi connectivity index (χ0n) is 11.0. The first-order valence-corrected chi connectivity index (χ1v) is 7.53. The predicted octanol–water partition coefficient (Wildman–Crippen LogP) is 1.62. The van der Waals surface area contributed by atoms with Gasteiger partial charge in [0.15, 0.2) is 0 Å². The zero-order chi connectivity index (χ0) is 14.6. The Morgan fingerprint density at radius 2 is 1.95 bits per heavy atom. The van der Waals surface area contributed by atoms with Gasteiger partial charge in [0, 0.05) is 24.1 Å². The number of anilines is 2. The zero-order valence-corrected chi connectivity index (χ0v) is 11.8. The van der Waals surface area contributed by atoms with Gasteiger partial charge in [0.25, 0.3) is 10.2 Å². The maximum Gasteiger partial charge on any atom is 0.296 e. The van der Waals surface area contributed by atoms with Gasteiger partial charge >= 0.3 is 0 Å². The highest BCUT2D eigenvalue weighted by Gasteiger charge is 2.02. The summed E-state index contributed by atoms with van der Waals surface area (Å²) in [5.41, 5.74) is 3.22. The monoisotopic (exact) mass is 292 g/mol. The lowest BCUT2D eigenvalue weighted by Gasteiger charge is -2.09. The molecular formula is C13H16N4O2S. The number of aryl methyl sites for hydroxylation is 1. The largest absolute Gasteiger partial charge is 0.381 e. The van der Waals surface area contributed by atoms with Gasteiger partial charge in [-0.2, -0.15) is 8.42 Å². The molecule has 0 aliphatic heterocycles. The Bertz CT molecular complexity index is 684. The van der Waals surface area contributed by atoms with E-state index in [4.69, 9.17) is 5.14 Å². The summed E-state index contributed by atoms with van der Waals surface area (Å²) in [6, 6.07) is 10.8. The first-order valence-electron chi connectivity index (χ1n) is 5.98. The molecule has 1 aromatic carbocycles. The number of pyridine rings is 1. The van der Waals surface area contributed by atoms with Crippen LogP contribution in [0.25, 0.3) is 0 Å². The fourth-order valence-electron chi connectivity index (χ4n) is 1.66. The summed E-state index contributed by atoms with van der Waals surface area (Å²) >= 11 is 0. The summed E-state index contributed by atoms with van der Waals surface area (Å²) in [6.07, 6.45) is 1.80. The van der Waals surface area contributed by atoms with E-state index < -0.39 is 10.2 Å². The van der Waals surface area contributed by atoms with Crippen molar-refractivity contribution >= 4 is 21.6 Å². The van der Waals surface area contributed by atoms with Crippen LogP contribution in [0.5, 0.6) is 0 Å². The van der Waals surface area contributed by atoms with Crippen molar-refractivity contribution in [3.05, 3.63) is 53.9 Å². The third-order valence-electron chi connectivity index (χ3n) is 2.59. The van der Waals surface area contributed by atoms with Gasteiger partial charge in [-0.15, -0.1) is 0 Å². The quantitative estimate of drug-likeness (QED) is 0.780. The van der Waals surface area contributed by atoms with E-state index in [0.29, 0.717) is 12.2 Å². The molecule has 106 valence electrons. The standard InChI is InChI=1S/C13H16N4O2S/c1-10-5-6-11(8-15-10)9-16-12-3-2-4-13(7-12)17-20(14,18)19/h2-8,16-17H,9H2,1H3,(H2,14,18,19). The average molecular weight is 292 g/mol. The number of nitrogens with one attached hydrogen (secondary N) is 2. The first kappa shape index (κ1) is 14.3. The summed E-state index contributed by atoms with van der Waals surface area (Å²) in [7, 11) is -3.75. The second kappa shape index (κ2) is 5.89. The van der Waals surface area contributed by atoms with Crippen LogP contribution in [-0.4, -0.2) is 13.4 Å². The molecule has 0 amide bonds. The van der Waals surface area contributed by atoms with Crippen LogP contribution < -0.4 is 15.2 Å². The SMILES string of the molecule is Cc1ccc(CNc2cccc(NS(N)(=O)=O)c2)cn1. The molecule has 0 unspecified atom stereocenters. The highest BCUT2D eigenvalue weighted by Crippen LogP contribution is 2.16. The van der Waals surface area contributed by atoms with E-state index in [2.05, 4.69) is 15.0 Å². The van der Waals surface area contributed by atoms with Crippen molar-refractivity contribution in [2.75, 3.05) is 10.0 Å². The van der Waals surface area contributed by atoms with Crippen LogP contribution in [0, 0.1) is 6.92 Å². The second-order valence-electron chi connectivity index (χ2n) is 4.39. The molecule has 0 aliphatic rings. The maximum atomic E-state index is 11.0. The van der Waals surface area contributed by atoms with Gasteiger partial charge in [-0.1, -0.05) is 12.1 Å². The van der Waals surface area contributed by atoms with Crippen molar-refractivity contribution < 1.29 is 8.42 Å². The molecule has 0 aliphatic carbocycles. The van der Waals surface area contributed by atoms with Gasteiger partial charge in [-0.3, -0.25) is 9.71 Å². The molecule has 2 aromatic rings. The Hall–Kier alpha value is -2.12. The maximum absolute atomic E-state index is 11.0. The molecule has 20 heavy (non-hydrogen) atoms. The lowest BCUT2D eigenvalue weighted by atomic mass is 10.2. The van der Waals surface area contributed by atoms with Gasteiger partial charge in [-0.25, -0.2) is 5.14 Å². The molecule has 0 saturated carbocycles. The number of rotatable bonds is 5. The topological polar surface area (TPSA) is 97.1 Å². The van der Waals surface area contributed by atoms with E-state index in [1.807, 2.05) is 25.1 Å². The van der Waals surface area contributed by atoms with Crippen LogP contribution in [-0.2, 0) is 16.8 Å². The molecule has 7 heteroatoms. The van der Waals surface area contributed by atoms with Crippen molar-refractivity contribution in [3.63, 3.8) is 0 Å². The van der Waals surface area contributed by atoms with E-state index in [1.165, 1.54) is 0 Å². The van der Waals surface area contributed by atoms with Crippen molar-refractivity contribution in [2.24, 2.45) is 5.14 Å². The molecule has 0 bridgehead atoms. The molecule has 1 heterocycles. The van der Waals surface area contributed by atoms with Crippen molar-refractivity contribution in [1.29, 1.82) is 0 Å². The smallest absolute Gasteiger partial charge is 0.296 e. The third kappa shape index (κ3) is 4.52. The van der Waals surface area contributed by atoms with Crippen LogP contribution in [0.15, 0.2) is 42.6 Å². The van der Waals surface area contributed by atoms with E-state index in [9.17, 15) is 8.42 Å². The van der Waals surface area contributed by atoms with Crippen LogP contribution in [0.4, 0.5) is 11.4 Å². The fraction of sp³-hybridized carbons (Fsp3) is 0.154. The lowest BCUT2D eigenvalue weighted by Crippen LogP contribution is -2.21. The van der Waals surface area contributed by atoms with Crippen molar-refractivity contribution in [1.82, 2.24) is 4.98 Å². The minimum atomic E-state index is -3.75. The van der Waals surface area contributed by atoms with E-state index in [1.54, 1.807) is 24.4 Å². The van der Waals surface area contributed by atoms with Crippen LogP contribution >= 0.6 is 0 Å². The number of nitrogens with two attached hydrogens (primary N) is 1. The first-order chi connectivity index (χ1) is 9.42. The molecule has 1 aromatic heterocycles. The number of nitrogens with zero attached hydrogens (tertiary/aromatic N) is 1. The minimum absolute atomic E-state index is 0.416. The molecule has 2 rings (SSSR count). The predicted molar refractivity (Wildman–Crippen MR) is 79.5 cm³/mol. The summed E-state index contributed by atoms with van der Waals surface area (Å²) in [5, 5.41) is 8.12. The van der Waals surface area contributed by atoms with Crippen molar-refractivity contribution in [2.45, 2.75) is 13.5 Å². The number of hydrogen-bond donors (Lipinski definition) is 3. The molecular weight excluding hydrogens is 276 g/mol. The minimum Gasteiger partial charge on any atom is -0.381 e. The van der Waals surface area contributed by atoms with Crippen LogP contribution in [0.1, 0.15) is 11.3 Å². The third-order valence-corrected chi connectivity index (χ3v) is 3.11. The second-order valence-corrected chi connectivity index (χ2v) is 5.68. The highest BCUT2D eigenvalue weighted by molar-refractivity contribution is 7.90. The van der Waals surface area contributed by atoms with E-state index in [-0.39, 0.29) is 0 Å². The number of hydrogen-bond acceptors (Lipinski definition) is 4. The lowest BCUT2D eigenvalue weighted by molar-refractivity contribution is 0.603. The van der Waals surface area contributed by atoms with Gasteiger partial charge in [0.05, 0.1) is 5.69 Å². The van der Waals surface area contributed by atoms with Crippen molar-refractivity contribution in [3.8, 4) is 0 Å². The average Bonchev–Trinajstić information content (AvgIpc) is 2.36. The summed E-state index contributed by atoms with van der Waals surface area (Å²) < 4.78 is 24.1. The summed E-state index contributed by atoms with van der Waals surface area (Å²) in [6.45, 7) is 2.53. The Morgan fingerprint density at radius 1 is 1.20 bits per heavy atom. The fourth-order valence-corrected chi connectivity index (χ4v) is 2.12. The molecule has 0 atom stereocenters. The Labute approximate surface area is 118 Å². The van der Waals surface area contributed by atoms with Gasteiger partial charge in [0.1, 0.15) is 0 Å². The molecule has 6 nitrogen and oxygen atoms in total. The molecule has 0 fully saturated rings. The Kier molecular flexibility index (Phi) is 4.21. The van der Waals surface area contributed by atoms with Gasteiger partial charge < -0.3 is 5.32 Å². The molecule has 4 N–H and O–H groups in total. The summed E-state index contributed by atoms with van der Waals surface area (Å²) in [4.78, 5) is 4.21. The molecule has 0 saturated heterocycles. The highest BCUT2D eigenvalue weighted by atomic mass is 32.2. The molecule has 0 radical (unpaired) electrons. The molecule has 0 spiro atoms. The van der Waals surface area contributed by atoms with Crippen LogP contribution in [0.3, 0.4) is 0 Å². The van der Waals surface area contributed by atoms with E-state index >= 15 is 0 Å². The van der Waals surface area contributed by atoms with Gasteiger partial charge in [-0.05, 0) is 36.8 Å². The van der Waals surface area contributed by atoms with E-state index in [0.717, 1.165) is 16.9 Å². The Morgan fingerprint density at radius 3 is 2.60 bits per heavy atom. The number of aromatic nitrogens is 1. The summed E-state index contributed by atoms with van der Waals surface area (Å²) in [5.74, 6) is 0.